The molecular weight excluding hydrogens is 306 g/mol. The van der Waals surface area contributed by atoms with Gasteiger partial charge in [-0.05, 0) is 31.2 Å². The molecule has 0 saturated carbocycles. The summed E-state index contributed by atoms with van der Waals surface area (Å²) in [5.41, 5.74) is 5.48. The third-order valence-corrected chi connectivity index (χ3v) is 4.19. The number of phenols is 1. The Hall–Kier alpha value is -2.87. The van der Waals surface area contributed by atoms with E-state index in [1.54, 1.807) is 6.92 Å². The summed E-state index contributed by atoms with van der Waals surface area (Å²) < 4.78 is 0.980. The number of aromatic hydroxyl groups is 1. The number of anilines is 1. The van der Waals surface area contributed by atoms with Crippen LogP contribution in [-0.2, 0) is 0 Å². The van der Waals surface area contributed by atoms with Crippen LogP contribution in [0.2, 0.25) is 0 Å². The zero-order chi connectivity index (χ0) is 16.0. The number of rotatable bonds is 2. The van der Waals surface area contributed by atoms with E-state index in [9.17, 15) is 19.8 Å². The lowest BCUT2D eigenvalue weighted by atomic mass is 10.2. The number of aryl methyl sites for hydroxylation is 1. The topological polar surface area (TPSA) is 118 Å². The fourth-order valence-electron chi connectivity index (χ4n) is 2.28. The maximum absolute atomic E-state index is 12.6. The highest BCUT2D eigenvalue weighted by Gasteiger charge is 2.22. The number of aromatic carboxylic acids is 1. The molecule has 3 aromatic rings. The van der Waals surface area contributed by atoms with Crippen molar-refractivity contribution in [3.05, 3.63) is 45.2 Å². The first-order valence-corrected chi connectivity index (χ1v) is 7.06. The fraction of sp³-hybridized carbons (Fsp3) is 0.0714. The molecule has 4 N–H and O–H groups in total. The molecule has 2 heterocycles. The van der Waals surface area contributed by atoms with Gasteiger partial charge in [-0.2, -0.15) is 9.78 Å². The van der Waals surface area contributed by atoms with Gasteiger partial charge in [0.05, 0.1) is 16.1 Å². The Morgan fingerprint density at radius 3 is 2.50 bits per heavy atom. The molecule has 0 aliphatic rings. The molecule has 0 aliphatic heterocycles. The number of aromatic nitrogens is 2. The highest BCUT2D eigenvalue weighted by atomic mass is 32.1. The molecule has 22 heavy (non-hydrogen) atoms. The lowest BCUT2D eigenvalue weighted by Crippen LogP contribution is -2.24. The summed E-state index contributed by atoms with van der Waals surface area (Å²) in [6.07, 6.45) is 0. The van der Waals surface area contributed by atoms with Crippen molar-refractivity contribution in [2.75, 3.05) is 5.73 Å². The number of hydrogen-bond donors (Lipinski definition) is 3. The first-order valence-electron chi connectivity index (χ1n) is 6.24. The molecule has 112 valence electrons. The lowest BCUT2D eigenvalue weighted by molar-refractivity contribution is 0.0691. The summed E-state index contributed by atoms with van der Waals surface area (Å²) >= 11 is 1.16. The van der Waals surface area contributed by atoms with Crippen LogP contribution in [0.25, 0.3) is 16.5 Å². The largest absolute Gasteiger partial charge is 0.508 e. The van der Waals surface area contributed by atoms with Crippen molar-refractivity contribution >= 4 is 33.1 Å². The minimum Gasteiger partial charge on any atom is -0.508 e. The van der Waals surface area contributed by atoms with Gasteiger partial charge in [-0.3, -0.25) is 4.79 Å². The smallest absolute Gasteiger partial charge is 0.357 e. The predicted octanol–water partition coefficient (Wildman–Crippen LogP) is 1.74. The van der Waals surface area contributed by atoms with Crippen molar-refractivity contribution in [3.8, 4) is 11.4 Å². The summed E-state index contributed by atoms with van der Waals surface area (Å²) in [6, 6.07) is 5.71. The van der Waals surface area contributed by atoms with E-state index >= 15 is 0 Å². The number of nitrogens with zero attached hydrogens (tertiary/aromatic N) is 2. The van der Waals surface area contributed by atoms with Crippen LogP contribution in [-0.4, -0.2) is 26.0 Å². The Bertz CT molecular complexity index is 957. The molecule has 1 aromatic carbocycles. The van der Waals surface area contributed by atoms with Gasteiger partial charge >= 0.3 is 5.97 Å². The Labute approximate surface area is 127 Å². The SMILES string of the molecule is Cc1sc(N)c2c(=O)n(-c3ccc(O)cc3)nc(C(=O)O)c12. The van der Waals surface area contributed by atoms with Crippen LogP contribution in [0.3, 0.4) is 0 Å². The normalized spacial score (nSPS) is 11.0. The molecular formula is C14H11N3O4S. The summed E-state index contributed by atoms with van der Waals surface area (Å²) in [7, 11) is 0. The molecule has 0 unspecified atom stereocenters. The zero-order valence-corrected chi connectivity index (χ0v) is 12.2. The zero-order valence-electron chi connectivity index (χ0n) is 11.4. The molecule has 3 rings (SSSR count). The van der Waals surface area contributed by atoms with Crippen LogP contribution in [0, 0.1) is 6.92 Å². The molecule has 0 atom stereocenters. The number of carboxylic acids is 1. The van der Waals surface area contributed by atoms with E-state index in [2.05, 4.69) is 5.10 Å². The lowest BCUT2D eigenvalue weighted by Gasteiger charge is -2.07. The van der Waals surface area contributed by atoms with Crippen molar-refractivity contribution in [1.29, 1.82) is 0 Å². The van der Waals surface area contributed by atoms with Crippen LogP contribution in [0.15, 0.2) is 29.1 Å². The average Bonchev–Trinajstić information content (AvgIpc) is 2.76. The Balaban J connectivity index is 2.44. The standard InChI is InChI=1S/C14H11N3O4S/c1-6-9-10(12(15)22-6)13(19)17(16-11(9)14(20)21)7-2-4-8(18)5-3-7/h2-5,18H,15H2,1H3,(H,20,21). The van der Waals surface area contributed by atoms with E-state index in [0.717, 1.165) is 16.0 Å². The van der Waals surface area contributed by atoms with E-state index in [-0.39, 0.29) is 27.2 Å². The average molecular weight is 317 g/mol. The molecule has 0 saturated heterocycles. The van der Waals surface area contributed by atoms with Gasteiger partial charge in [0.15, 0.2) is 5.69 Å². The minimum absolute atomic E-state index is 0.0298. The van der Waals surface area contributed by atoms with Gasteiger partial charge in [0.25, 0.3) is 5.56 Å². The van der Waals surface area contributed by atoms with Crippen LogP contribution >= 0.6 is 11.3 Å². The van der Waals surface area contributed by atoms with Gasteiger partial charge in [-0.15, -0.1) is 11.3 Å². The number of hydrogen-bond acceptors (Lipinski definition) is 6. The summed E-state index contributed by atoms with van der Waals surface area (Å²) in [5.74, 6) is -1.21. The van der Waals surface area contributed by atoms with E-state index in [4.69, 9.17) is 5.73 Å². The summed E-state index contributed by atoms with van der Waals surface area (Å²) in [6.45, 7) is 1.70. The van der Waals surface area contributed by atoms with Crippen LogP contribution in [0.5, 0.6) is 5.75 Å². The van der Waals surface area contributed by atoms with Crippen molar-refractivity contribution in [2.45, 2.75) is 6.92 Å². The Morgan fingerprint density at radius 2 is 1.91 bits per heavy atom. The number of nitrogens with two attached hydrogens (primary N) is 1. The van der Waals surface area contributed by atoms with Crippen LogP contribution in [0.4, 0.5) is 5.00 Å². The van der Waals surface area contributed by atoms with Gasteiger partial charge in [0.2, 0.25) is 0 Å². The highest BCUT2D eigenvalue weighted by Crippen LogP contribution is 2.32. The van der Waals surface area contributed by atoms with Gasteiger partial charge < -0.3 is 15.9 Å². The highest BCUT2D eigenvalue weighted by molar-refractivity contribution is 7.17. The quantitative estimate of drug-likeness (QED) is 0.662. The molecule has 7 nitrogen and oxygen atoms in total. The summed E-state index contributed by atoms with van der Waals surface area (Å²) in [5, 5.41) is 23.3. The maximum Gasteiger partial charge on any atom is 0.357 e. The third kappa shape index (κ3) is 2.01. The number of benzene rings is 1. The maximum atomic E-state index is 12.6. The van der Waals surface area contributed by atoms with E-state index in [0.29, 0.717) is 10.6 Å². The van der Waals surface area contributed by atoms with E-state index < -0.39 is 11.5 Å². The molecule has 0 amide bonds. The number of carbonyl (C=O) groups is 1. The first kappa shape index (κ1) is 14.1. The number of nitrogen functional groups attached to an aromatic ring is 1. The Kier molecular flexibility index (Phi) is 3.10. The van der Waals surface area contributed by atoms with Gasteiger partial charge in [-0.25, -0.2) is 4.79 Å². The second kappa shape index (κ2) is 4.85. The number of thiophene rings is 1. The Morgan fingerprint density at radius 1 is 1.27 bits per heavy atom. The van der Waals surface area contributed by atoms with Crippen molar-refractivity contribution in [2.24, 2.45) is 0 Å². The predicted molar refractivity (Wildman–Crippen MR) is 83.0 cm³/mol. The molecule has 0 fully saturated rings. The van der Waals surface area contributed by atoms with Crippen LogP contribution < -0.4 is 11.3 Å². The molecule has 0 radical (unpaired) electrons. The third-order valence-electron chi connectivity index (χ3n) is 3.25. The number of phenolic OH excluding ortho intramolecular Hbond substituents is 1. The number of carboxylic acid groups (broad SMARTS) is 1. The molecule has 8 heteroatoms. The molecule has 0 aliphatic carbocycles. The summed E-state index contributed by atoms with van der Waals surface area (Å²) in [4.78, 5) is 24.7. The fourth-order valence-corrected chi connectivity index (χ4v) is 3.21. The van der Waals surface area contributed by atoms with Gasteiger partial charge in [0.1, 0.15) is 5.75 Å². The molecule has 0 bridgehead atoms. The van der Waals surface area contributed by atoms with Gasteiger partial charge in [-0.1, -0.05) is 0 Å². The van der Waals surface area contributed by atoms with Crippen LogP contribution in [0.1, 0.15) is 15.4 Å². The minimum atomic E-state index is -1.24. The number of fused-ring (bicyclic) bond motifs is 1. The monoisotopic (exact) mass is 317 g/mol. The molecule has 2 aromatic heterocycles. The van der Waals surface area contributed by atoms with Crippen molar-refractivity contribution < 1.29 is 15.0 Å². The molecule has 0 spiro atoms. The van der Waals surface area contributed by atoms with E-state index in [1.807, 2.05) is 0 Å². The van der Waals surface area contributed by atoms with Crippen molar-refractivity contribution in [1.82, 2.24) is 9.78 Å². The van der Waals surface area contributed by atoms with E-state index in [1.165, 1.54) is 24.3 Å². The second-order valence-corrected chi connectivity index (χ2v) is 5.92. The van der Waals surface area contributed by atoms with Crippen molar-refractivity contribution in [3.63, 3.8) is 0 Å². The van der Waals surface area contributed by atoms with Gasteiger partial charge in [0, 0.05) is 10.3 Å². The second-order valence-electron chi connectivity index (χ2n) is 4.66. The first-order chi connectivity index (χ1) is 10.4.